The standard InChI is InChI=1S/C16H14ClFN4O2S/c1-22-8-7-19-16(22)15(11-3-2-4-12(18)9-11)21-25(23,24)13-5-6-14(17)20-10-13/h2-10,15,21H,1H3/t15-/m1/s1. The van der Waals surface area contributed by atoms with E-state index in [9.17, 15) is 12.8 Å². The molecule has 0 aliphatic carbocycles. The Morgan fingerprint density at radius 3 is 2.64 bits per heavy atom. The van der Waals surface area contributed by atoms with Crippen LogP contribution in [0.15, 0.2) is 59.9 Å². The molecule has 2 aromatic heterocycles. The van der Waals surface area contributed by atoms with Gasteiger partial charge in [0.25, 0.3) is 0 Å². The number of hydrogen-bond acceptors (Lipinski definition) is 4. The maximum atomic E-state index is 13.6. The van der Waals surface area contributed by atoms with E-state index in [-0.39, 0.29) is 10.0 Å². The Hall–Kier alpha value is -2.29. The molecule has 0 fully saturated rings. The van der Waals surface area contributed by atoms with Gasteiger partial charge in [-0.05, 0) is 29.8 Å². The number of pyridine rings is 1. The quantitative estimate of drug-likeness (QED) is 0.690. The fraction of sp³-hybridized carbons (Fsp3) is 0.125. The van der Waals surface area contributed by atoms with Crippen molar-refractivity contribution in [2.24, 2.45) is 7.05 Å². The maximum Gasteiger partial charge on any atom is 0.243 e. The lowest BCUT2D eigenvalue weighted by Gasteiger charge is -2.19. The van der Waals surface area contributed by atoms with Crippen LogP contribution in [0, 0.1) is 5.82 Å². The van der Waals surface area contributed by atoms with Crippen molar-refractivity contribution in [2.45, 2.75) is 10.9 Å². The molecule has 0 spiro atoms. The SMILES string of the molecule is Cn1ccnc1[C@H](NS(=O)(=O)c1ccc(Cl)nc1)c1cccc(F)c1. The molecule has 1 N–H and O–H groups in total. The van der Waals surface area contributed by atoms with Crippen LogP contribution in [-0.4, -0.2) is 23.0 Å². The lowest BCUT2D eigenvalue weighted by Crippen LogP contribution is -2.31. The molecule has 9 heteroatoms. The highest BCUT2D eigenvalue weighted by Gasteiger charge is 2.26. The van der Waals surface area contributed by atoms with Crippen molar-refractivity contribution in [1.29, 1.82) is 0 Å². The Balaban J connectivity index is 2.03. The number of nitrogens with zero attached hydrogens (tertiary/aromatic N) is 3. The van der Waals surface area contributed by atoms with Crippen LogP contribution in [0.25, 0.3) is 0 Å². The van der Waals surface area contributed by atoms with Crippen molar-refractivity contribution in [3.05, 3.63) is 77.3 Å². The molecule has 25 heavy (non-hydrogen) atoms. The first-order valence-corrected chi connectivity index (χ1v) is 9.09. The summed E-state index contributed by atoms with van der Waals surface area (Å²) in [5, 5.41) is 0.185. The van der Waals surface area contributed by atoms with Crippen LogP contribution in [-0.2, 0) is 17.1 Å². The minimum atomic E-state index is -3.93. The number of hydrogen-bond donors (Lipinski definition) is 1. The predicted octanol–water partition coefficient (Wildman–Crippen LogP) is 2.68. The van der Waals surface area contributed by atoms with Gasteiger partial charge in [-0.2, -0.15) is 4.72 Å². The van der Waals surface area contributed by atoms with Crippen molar-refractivity contribution >= 4 is 21.6 Å². The molecule has 0 unspecified atom stereocenters. The van der Waals surface area contributed by atoms with Crippen LogP contribution < -0.4 is 4.72 Å². The summed E-state index contributed by atoms with van der Waals surface area (Å²) in [5.41, 5.74) is 0.430. The Morgan fingerprint density at radius 2 is 2.04 bits per heavy atom. The smallest absolute Gasteiger partial charge is 0.243 e. The zero-order chi connectivity index (χ0) is 18.0. The van der Waals surface area contributed by atoms with E-state index in [0.29, 0.717) is 11.4 Å². The van der Waals surface area contributed by atoms with Crippen molar-refractivity contribution < 1.29 is 12.8 Å². The highest BCUT2D eigenvalue weighted by Crippen LogP contribution is 2.24. The first kappa shape index (κ1) is 17.5. The first-order valence-electron chi connectivity index (χ1n) is 7.23. The molecule has 0 radical (unpaired) electrons. The predicted molar refractivity (Wildman–Crippen MR) is 91.0 cm³/mol. The summed E-state index contributed by atoms with van der Waals surface area (Å²) in [6, 6.07) is 7.56. The maximum absolute atomic E-state index is 13.6. The van der Waals surface area contributed by atoms with E-state index in [1.165, 1.54) is 30.3 Å². The van der Waals surface area contributed by atoms with Crippen molar-refractivity contribution in [2.75, 3.05) is 0 Å². The number of benzene rings is 1. The first-order chi connectivity index (χ1) is 11.9. The molecule has 3 aromatic rings. The second-order valence-electron chi connectivity index (χ2n) is 5.32. The summed E-state index contributed by atoms with van der Waals surface area (Å²) >= 11 is 5.70. The van der Waals surface area contributed by atoms with Gasteiger partial charge in [0.15, 0.2) is 0 Å². The molecule has 3 rings (SSSR count). The van der Waals surface area contributed by atoms with E-state index in [1.807, 2.05) is 0 Å². The van der Waals surface area contributed by atoms with Gasteiger partial charge in [-0.25, -0.2) is 22.8 Å². The van der Waals surface area contributed by atoms with Crippen LogP contribution >= 0.6 is 11.6 Å². The number of rotatable bonds is 5. The summed E-state index contributed by atoms with van der Waals surface area (Å²) in [6.07, 6.45) is 4.38. The van der Waals surface area contributed by atoms with Crippen molar-refractivity contribution in [1.82, 2.24) is 19.3 Å². The number of sulfonamides is 1. The van der Waals surface area contributed by atoms with Gasteiger partial charge in [0.05, 0.1) is 0 Å². The van der Waals surface area contributed by atoms with Crippen molar-refractivity contribution in [3.8, 4) is 0 Å². The van der Waals surface area contributed by atoms with Crippen LogP contribution in [0.3, 0.4) is 0 Å². The van der Waals surface area contributed by atoms with Gasteiger partial charge in [0, 0.05) is 25.6 Å². The largest absolute Gasteiger partial charge is 0.336 e. The zero-order valence-corrected chi connectivity index (χ0v) is 14.7. The summed E-state index contributed by atoms with van der Waals surface area (Å²) < 4.78 is 43.2. The minimum absolute atomic E-state index is 0.0486. The Bertz CT molecular complexity index is 989. The van der Waals surface area contributed by atoms with Gasteiger partial charge in [0.2, 0.25) is 10.0 Å². The van der Waals surface area contributed by atoms with Crippen molar-refractivity contribution in [3.63, 3.8) is 0 Å². The van der Waals surface area contributed by atoms with E-state index in [4.69, 9.17) is 11.6 Å². The number of aryl methyl sites for hydroxylation is 1. The Morgan fingerprint density at radius 1 is 1.24 bits per heavy atom. The fourth-order valence-corrected chi connectivity index (χ4v) is 3.59. The van der Waals surface area contributed by atoms with E-state index < -0.39 is 21.9 Å². The van der Waals surface area contributed by atoms with Gasteiger partial charge in [-0.3, -0.25) is 0 Å². The normalized spacial score (nSPS) is 12.9. The summed E-state index contributed by atoms with van der Waals surface area (Å²) in [5.74, 6) is -0.0415. The van der Waals surface area contributed by atoms with Crippen LogP contribution in [0.5, 0.6) is 0 Å². The van der Waals surface area contributed by atoms with E-state index in [2.05, 4.69) is 14.7 Å². The van der Waals surface area contributed by atoms with Gasteiger partial charge < -0.3 is 4.57 Å². The Kier molecular flexibility index (Phi) is 4.85. The summed E-state index contributed by atoms with van der Waals surface area (Å²) in [7, 11) is -2.20. The van der Waals surface area contributed by atoms with Gasteiger partial charge in [-0.1, -0.05) is 23.7 Å². The van der Waals surface area contributed by atoms with E-state index in [1.54, 1.807) is 30.1 Å². The summed E-state index contributed by atoms with van der Waals surface area (Å²) in [4.78, 5) is 7.93. The minimum Gasteiger partial charge on any atom is -0.336 e. The molecule has 0 amide bonds. The highest BCUT2D eigenvalue weighted by atomic mass is 35.5. The van der Waals surface area contributed by atoms with Gasteiger partial charge in [0.1, 0.15) is 27.7 Å². The zero-order valence-electron chi connectivity index (χ0n) is 13.1. The van der Waals surface area contributed by atoms with Crippen LogP contribution in [0.2, 0.25) is 5.15 Å². The third-order valence-corrected chi connectivity index (χ3v) is 5.21. The lowest BCUT2D eigenvalue weighted by molar-refractivity contribution is 0.560. The van der Waals surface area contributed by atoms with E-state index in [0.717, 1.165) is 6.20 Å². The molecule has 2 heterocycles. The molecule has 130 valence electrons. The molecule has 1 aromatic carbocycles. The second-order valence-corrected chi connectivity index (χ2v) is 7.42. The third kappa shape index (κ3) is 3.87. The number of aromatic nitrogens is 3. The molecule has 0 saturated carbocycles. The molecular weight excluding hydrogens is 367 g/mol. The van der Waals surface area contributed by atoms with E-state index >= 15 is 0 Å². The average Bonchev–Trinajstić information content (AvgIpc) is 2.99. The topological polar surface area (TPSA) is 76.9 Å². The number of halogens is 2. The third-order valence-electron chi connectivity index (χ3n) is 3.58. The number of nitrogens with one attached hydrogen (secondary N) is 1. The van der Waals surface area contributed by atoms with Gasteiger partial charge in [-0.15, -0.1) is 0 Å². The van der Waals surface area contributed by atoms with Crippen LogP contribution in [0.1, 0.15) is 17.4 Å². The molecule has 0 aliphatic rings. The molecule has 0 bridgehead atoms. The lowest BCUT2D eigenvalue weighted by atomic mass is 10.1. The molecule has 0 saturated heterocycles. The summed E-state index contributed by atoms with van der Waals surface area (Å²) in [6.45, 7) is 0. The average molecular weight is 381 g/mol. The molecular formula is C16H14ClFN4O2S. The molecule has 6 nitrogen and oxygen atoms in total. The molecule has 0 aliphatic heterocycles. The second kappa shape index (κ2) is 6.91. The molecule has 1 atom stereocenters. The van der Waals surface area contributed by atoms with Crippen LogP contribution in [0.4, 0.5) is 4.39 Å². The number of imidazole rings is 1. The van der Waals surface area contributed by atoms with Gasteiger partial charge >= 0.3 is 0 Å². The monoisotopic (exact) mass is 380 g/mol. The Labute approximate surface area is 149 Å². The fourth-order valence-electron chi connectivity index (χ4n) is 2.36. The highest BCUT2D eigenvalue weighted by molar-refractivity contribution is 7.89.